The van der Waals surface area contributed by atoms with E-state index in [-0.39, 0.29) is 0 Å². The van der Waals surface area contributed by atoms with E-state index in [1.54, 1.807) is 0 Å². The van der Waals surface area contributed by atoms with Gasteiger partial charge in [-0.3, -0.25) is 4.68 Å². The lowest BCUT2D eigenvalue weighted by Gasteiger charge is -2.07. The number of alkyl halides is 1. The normalized spacial score (nSPS) is 15.7. The Morgan fingerprint density at radius 1 is 1.39 bits per heavy atom. The van der Waals surface area contributed by atoms with E-state index in [2.05, 4.69) is 14.6 Å². The molecular formula is C13H19ClN4. The summed E-state index contributed by atoms with van der Waals surface area (Å²) in [5, 5.41) is 4.43. The molecule has 1 aliphatic carbocycles. The Labute approximate surface area is 112 Å². The highest BCUT2D eigenvalue weighted by molar-refractivity contribution is 6.16. The van der Waals surface area contributed by atoms with Crippen molar-refractivity contribution >= 4 is 22.8 Å². The molecule has 0 radical (unpaired) electrons. The highest BCUT2D eigenvalue weighted by Crippen LogP contribution is 2.34. The fourth-order valence-corrected chi connectivity index (χ4v) is 2.87. The van der Waals surface area contributed by atoms with Crippen LogP contribution >= 0.6 is 11.6 Å². The minimum Gasteiger partial charge on any atom is -0.312 e. The van der Waals surface area contributed by atoms with Crippen LogP contribution in [0.25, 0.3) is 11.2 Å². The monoisotopic (exact) mass is 266 g/mol. The van der Waals surface area contributed by atoms with Gasteiger partial charge in [-0.1, -0.05) is 12.8 Å². The minimum absolute atomic E-state index is 0.470. The number of aromatic nitrogens is 4. The molecule has 0 amide bonds. The lowest BCUT2D eigenvalue weighted by atomic mass is 10.2. The number of hydrogen-bond donors (Lipinski definition) is 0. The maximum Gasteiger partial charge on any atom is 0.158 e. The standard InChI is InChI=1S/C13H19ClN4/c1-9-12-13(17(2)16-9)18(11(8-14)15-12)7-3-4-10-5-6-10/h10H,3-8H2,1-2H3. The van der Waals surface area contributed by atoms with Crippen LogP contribution in [0.15, 0.2) is 0 Å². The largest absolute Gasteiger partial charge is 0.312 e. The van der Waals surface area contributed by atoms with E-state index in [1.807, 2.05) is 18.7 Å². The Balaban J connectivity index is 1.90. The second-order valence-corrected chi connectivity index (χ2v) is 5.55. The van der Waals surface area contributed by atoms with Gasteiger partial charge in [0, 0.05) is 13.6 Å². The molecule has 0 saturated heterocycles. The average Bonchev–Trinajstić information content (AvgIpc) is 3.02. The first-order valence-corrected chi connectivity index (χ1v) is 7.19. The summed E-state index contributed by atoms with van der Waals surface area (Å²) in [5.74, 6) is 2.42. The summed E-state index contributed by atoms with van der Waals surface area (Å²) in [6, 6.07) is 0. The Bertz CT molecular complexity index is 565. The second-order valence-electron chi connectivity index (χ2n) is 5.28. The zero-order valence-electron chi connectivity index (χ0n) is 11.0. The van der Waals surface area contributed by atoms with Crippen molar-refractivity contribution in [3.8, 4) is 0 Å². The first-order chi connectivity index (χ1) is 8.70. The molecule has 3 rings (SSSR count). The molecule has 98 valence electrons. The molecule has 5 heteroatoms. The third kappa shape index (κ3) is 2.03. The van der Waals surface area contributed by atoms with Crippen LogP contribution in [0.2, 0.25) is 0 Å². The molecule has 2 aromatic rings. The molecule has 1 fully saturated rings. The summed E-state index contributed by atoms with van der Waals surface area (Å²) in [6.45, 7) is 3.01. The smallest absolute Gasteiger partial charge is 0.158 e. The first kappa shape index (κ1) is 12.0. The highest BCUT2D eigenvalue weighted by atomic mass is 35.5. The van der Waals surface area contributed by atoms with Crippen molar-refractivity contribution in [1.82, 2.24) is 19.3 Å². The maximum atomic E-state index is 6.01. The summed E-state index contributed by atoms with van der Waals surface area (Å²) < 4.78 is 4.16. The number of rotatable bonds is 5. The molecule has 1 aliphatic rings. The Hall–Kier alpha value is -1.03. The van der Waals surface area contributed by atoms with Gasteiger partial charge in [0.25, 0.3) is 0 Å². The number of hydrogen-bond acceptors (Lipinski definition) is 2. The molecule has 1 saturated carbocycles. The predicted molar refractivity (Wildman–Crippen MR) is 72.8 cm³/mol. The van der Waals surface area contributed by atoms with E-state index >= 15 is 0 Å². The van der Waals surface area contributed by atoms with Crippen LogP contribution in [0, 0.1) is 12.8 Å². The third-order valence-corrected chi connectivity index (χ3v) is 4.02. The lowest BCUT2D eigenvalue weighted by Crippen LogP contribution is -2.06. The molecule has 18 heavy (non-hydrogen) atoms. The van der Waals surface area contributed by atoms with Crippen LogP contribution in [0.1, 0.15) is 37.2 Å². The van der Waals surface area contributed by atoms with Gasteiger partial charge in [-0.05, 0) is 25.7 Å². The van der Waals surface area contributed by atoms with Crippen molar-refractivity contribution in [3.05, 3.63) is 11.5 Å². The van der Waals surface area contributed by atoms with E-state index in [9.17, 15) is 0 Å². The zero-order chi connectivity index (χ0) is 12.7. The molecule has 2 aromatic heterocycles. The SMILES string of the molecule is Cc1nn(C)c2c1nc(CCl)n2CCCC1CC1. The Morgan fingerprint density at radius 2 is 2.17 bits per heavy atom. The molecule has 0 N–H and O–H groups in total. The fourth-order valence-electron chi connectivity index (χ4n) is 2.66. The zero-order valence-corrected chi connectivity index (χ0v) is 11.7. The molecular weight excluding hydrogens is 248 g/mol. The van der Waals surface area contributed by atoms with Crippen molar-refractivity contribution in [2.24, 2.45) is 13.0 Å². The summed E-state index contributed by atoms with van der Waals surface area (Å²) in [4.78, 5) is 4.61. The Kier molecular flexibility index (Phi) is 3.06. The summed E-state index contributed by atoms with van der Waals surface area (Å²) >= 11 is 6.01. The van der Waals surface area contributed by atoms with E-state index in [1.165, 1.54) is 25.7 Å². The van der Waals surface area contributed by atoms with Crippen LogP contribution < -0.4 is 0 Å². The first-order valence-electron chi connectivity index (χ1n) is 6.65. The van der Waals surface area contributed by atoms with Crippen molar-refractivity contribution in [3.63, 3.8) is 0 Å². The quantitative estimate of drug-likeness (QED) is 0.780. The van der Waals surface area contributed by atoms with Crippen LogP contribution in [0.4, 0.5) is 0 Å². The second kappa shape index (κ2) is 4.57. The molecule has 0 aromatic carbocycles. The van der Waals surface area contributed by atoms with Crippen LogP contribution in [-0.2, 0) is 19.5 Å². The van der Waals surface area contributed by atoms with E-state index in [4.69, 9.17) is 11.6 Å². The molecule has 4 nitrogen and oxygen atoms in total. The number of halogens is 1. The van der Waals surface area contributed by atoms with Crippen LogP contribution in [0.5, 0.6) is 0 Å². The minimum atomic E-state index is 0.470. The number of imidazole rings is 1. The fraction of sp³-hybridized carbons (Fsp3) is 0.692. The summed E-state index contributed by atoms with van der Waals surface area (Å²) in [7, 11) is 1.98. The van der Waals surface area contributed by atoms with Gasteiger partial charge in [-0.2, -0.15) is 5.10 Å². The van der Waals surface area contributed by atoms with Crippen molar-refractivity contribution in [1.29, 1.82) is 0 Å². The van der Waals surface area contributed by atoms with Gasteiger partial charge in [0.15, 0.2) is 5.65 Å². The number of fused-ring (bicyclic) bond motifs is 1. The van der Waals surface area contributed by atoms with Crippen LogP contribution in [-0.4, -0.2) is 19.3 Å². The lowest BCUT2D eigenvalue weighted by molar-refractivity contribution is 0.565. The van der Waals surface area contributed by atoms with Gasteiger partial charge in [-0.15, -0.1) is 11.6 Å². The van der Waals surface area contributed by atoms with Crippen molar-refractivity contribution in [2.75, 3.05) is 0 Å². The van der Waals surface area contributed by atoms with E-state index in [0.29, 0.717) is 5.88 Å². The van der Waals surface area contributed by atoms with Gasteiger partial charge in [0.05, 0.1) is 11.6 Å². The predicted octanol–water partition coefficient (Wildman–Crippen LogP) is 3.01. The van der Waals surface area contributed by atoms with E-state index in [0.717, 1.165) is 35.1 Å². The average molecular weight is 267 g/mol. The molecule has 0 atom stereocenters. The molecule has 0 aliphatic heterocycles. The van der Waals surface area contributed by atoms with Gasteiger partial charge in [0.2, 0.25) is 0 Å². The molecule has 0 unspecified atom stereocenters. The highest BCUT2D eigenvalue weighted by Gasteiger charge is 2.21. The van der Waals surface area contributed by atoms with Crippen LogP contribution in [0.3, 0.4) is 0 Å². The van der Waals surface area contributed by atoms with Crippen molar-refractivity contribution in [2.45, 2.75) is 45.0 Å². The Morgan fingerprint density at radius 3 is 2.83 bits per heavy atom. The molecule has 2 heterocycles. The third-order valence-electron chi connectivity index (χ3n) is 3.78. The van der Waals surface area contributed by atoms with Gasteiger partial charge >= 0.3 is 0 Å². The van der Waals surface area contributed by atoms with Gasteiger partial charge in [-0.25, -0.2) is 4.98 Å². The number of nitrogens with zero attached hydrogens (tertiary/aromatic N) is 4. The summed E-state index contributed by atoms with van der Waals surface area (Å²) in [6.07, 6.45) is 5.39. The van der Waals surface area contributed by atoms with Gasteiger partial charge < -0.3 is 4.57 Å². The van der Waals surface area contributed by atoms with Crippen molar-refractivity contribution < 1.29 is 0 Å². The topological polar surface area (TPSA) is 35.6 Å². The molecule has 0 bridgehead atoms. The van der Waals surface area contributed by atoms with E-state index < -0.39 is 0 Å². The summed E-state index contributed by atoms with van der Waals surface area (Å²) in [5.41, 5.74) is 3.10. The number of aryl methyl sites for hydroxylation is 3. The van der Waals surface area contributed by atoms with Gasteiger partial charge in [0.1, 0.15) is 11.3 Å². The maximum absolute atomic E-state index is 6.01. The molecule has 0 spiro atoms.